The molecule has 3 aromatic carbocycles. The maximum atomic E-state index is 15.7. The van der Waals surface area contributed by atoms with E-state index in [9.17, 15) is 34.2 Å². The molecule has 1 heterocycles. The number of rotatable bonds is 17. The van der Waals surface area contributed by atoms with E-state index in [1.807, 2.05) is 0 Å². The van der Waals surface area contributed by atoms with Gasteiger partial charge in [0.1, 0.15) is 36.6 Å². The Morgan fingerprint density at radius 3 is 2.03 bits per heavy atom. The number of aliphatic hydroxyl groups is 3. The smallest absolute Gasteiger partial charge is 0.455 e. The molecule has 0 radical (unpaired) electrons. The summed E-state index contributed by atoms with van der Waals surface area (Å²) in [6.45, 7) is 7.60. The van der Waals surface area contributed by atoms with E-state index in [0.29, 0.717) is 11.3 Å². The molecule has 0 spiro atoms. The molecule has 386 valence electrons. The zero-order valence-corrected chi connectivity index (χ0v) is 42.2. The fraction of sp³-hybridized carbons (Fsp3) is 0.481. The van der Waals surface area contributed by atoms with Crippen LogP contribution >= 0.6 is 21.6 Å². The minimum Gasteiger partial charge on any atom is -0.455 e. The Balaban J connectivity index is 1.39. The van der Waals surface area contributed by atoms with Crippen LogP contribution in [0.3, 0.4) is 0 Å². The molecule has 1 amide bonds. The highest BCUT2D eigenvalue weighted by molar-refractivity contribution is 8.76. The van der Waals surface area contributed by atoms with Crippen molar-refractivity contribution in [3.63, 3.8) is 0 Å². The number of amides is 1. The largest absolute Gasteiger partial charge is 0.509 e. The van der Waals surface area contributed by atoms with Crippen LogP contribution in [0.1, 0.15) is 86.7 Å². The Hall–Kier alpha value is -5.77. The molecular weight excluding hydrogens is 975 g/mol. The molecule has 3 aromatic rings. The first-order valence-electron chi connectivity index (χ1n) is 23.4. The van der Waals surface area contributed by atoms with Crippen molar-refractivity contribution in [1.29, 1.82) is 0 Å². The van der Waals surface area contributed by atoms with Crippen molar-refractivity contribution in [3.05, 3.63) is 119 Å². The first-order chi connectivity index (χ1) is 34.2. The van der Waals surface area contributed by atoms with Crippen molar-refractivity contribution in [1.82, 2.24) is 5.32 Å². The van der Waals surface area contributed by atoms with Gasteiger partial charge in [-0.1, -0.05) is 102 Å². The molecule has 0 aromatic heterocycles. The summed E-state index contributed by atoms with van der Waals surface area (Å²) in [5.74, 6) is -6.42. The van der Waals surface area contributed by atoms with Crippen molar-refractivity contribution in [3.8, 4) is 0 Å². The van der Waals surface area contributed by atoms with E-state index >= 15 is 9.59 Å². The first-order valence-corrected chi connectivity index (χ1v) is 25.9. The predicted molar refractivity (Wildman–Crippen MR) is 260 cm³/mol. The molecule has 4 aliphatic rings. The number of nitrogens with one attached hydrogen (secondary N) is 1. The van der Waals surface area contributed by atoms with Crippen LogP contribution in [0.4, 0.5) is 4.79 Å². The number of ether oxygens (including phenoxy) is 7. The number of Topliss-reactive ketones (excluding diaryl/α,β-unsaturated/α-hetero) is 1. The van der Waals surface area contributed by atoms with Gasteiger partial charge in [-0.05, 0) is 54.8 Å². The van der Waals surface area contributed by atoms with Gasteiger partial charge in [0.25, 0.3) is 5.91 Å². The Morgan fingerprint density at radius 1 is 0.833 bits per heavy atom. The maximum Gasteiger partial charge on any atom is 0.509 e. The number of carbonyl (C=O) groups is 7. The van der Waals surface area contributed by atoms with Gasteiger partial charge in [0.05, 0.1) is 36.2 Å². The zero-order chi connectivity index (χ0) is 52.2. The number of ketones is 1. The lowest BCUT2D eigenvalue weighted by Gasteiger charge is -2.67. The van der Waals surface area contributed by atoms with E-state index in [4.69, 9.17) is 38.3 Å². The highest BCUT2D eigenvalue weighted by Gasteiger charge is 2.78. The number of benzene rings is 3. The van der Waals surface area contributed by atoms with Crippen LogP contribution in [-0.4, -0.2) is 136 Å². The lowest BCUT2D eigenvalue weighted by Crippen LogP contribution is -2.82. The van der Waals surface area contributed by atoms with Crippen molar-refractivity contribution in [2.24, 2.45) is 16.7 Å². The summed E-state index contributed by atoms with van der Waals surface area (Å²) >= 11 is 0. The summed E-state index contributed by atoms with van der Waals surface area (Å²) in [5.41, 5.74) is -7.56. The maximum absolute atomic E-state index is 15.7. The van der Waals surface area contributed by atoms with Gasteiger partial charge in [0, 0.05) is 49.2 Å². The van der Waals surface area contributed by atoms with Crippen LogP contribution in [0.2, 0.25) is 0 Å². The van der Waals surface area contributed by atoms with Gasteiger partial charge in [0.2, 0.25) is 6.10 Å². The molecule has 72 heavy (non-hydrogen) atoms. The number of carbonyl (C=O) groups excluding carboxylic acids is 7. The summed E-state index contributed by atoms with van der Waals surface area (Å²) in [5, 5.41) is 38.1. The second-order valence-corrected chi connectivity index (χ2v) is 21.6. The topological polar surface area (TPSA) is 257 Å². The Labute approximate surface area is 424 Å². The third-order valence-corrected chi connectivity index (χ3v) is 16.7. The summed E-state index contributed by atoms with van der Waals surface area (Å²) in [7, 11) is 2.67. The van der Waals surface area contributed by atoms with Gasteiger partial charge in [0.15, 0.2) is 17.5 Å². The number of aliphatic hydroxyl groups excluding tert-OH is 2. The molecule has 18 nitrogen and oxygen atoms in total. The van der Waals surface area contributed by atoms with Crippen LogP contribution in [-0.2, 0) is 52.3 Å². The van der Waals surface area contributed by atoms with E-state index in [-0.39, 0.29) is 54.3 Å². The average Bonchev–Trinajstić information content (AvgIpc) is 3.35. The van der Waals surface area contributed by atoms with Crippen LogP contribution in [0.25, 0.3) is 0 Å². The van der Waals surface area contributed by atoms with Crippen molar-refractivity contribution < 1.29 is 82.0 Å². The van der Waals surface area contributed by atoms with E-state index < -0.39 is 119 Å². The quantitative estimate of drug-likeness (QED) is 0.0441. The van der Waals surface area contributed by atoms with Crippen molar-refractivity contribution in [2.75, 3.05) is 31.3 Å². The first kappa shape index (κ1) is 54.0. The fourth-order valence-electron chi connectivity index (χ4n) is 10.7. The molecule has 7 rings (SSSR count). The van der Waals surface area contributed by atoms with E-state index in [0.717, 1.165) is 13.8 Å². The normalized spacial score (nSPS) is 28.9. The van der Waals surface area contributed by atoms with Gasteiger partial charge < -0.3 is 53.8 Å². The molecule has 1 aliphatic heterocycles. The molecule has 3 fully saturated rings. The molecule has 4 N–H and O–H groups in total. The van der Waals surface area contributed by atoms with E-state index in [1.54, 1.807) is 80.6 Å². The predicted octanol–water partition coefficient (Wildman–Crippen LogP) is 5.27. The van der Waals surface area contributed by atoms with Gasteiger partial charge in [-0.3, -0.25) is 19.2 Å². The van der Waals surface area contributed by atoms with Gasteiger partial charge in [-0.15, -0.1) is 0 Å². The third-order valence-electron chi connectivity index (χ3n) is 14.3. The molecule has 11 atom stereocenters. The Morgan fingerprint density at radius 2 is 1.44 bits per heavy atom. The molecule has 2 saturated carbocycles. The van der Waals surface area contributed by atoms with Crippen LogP contribution in [0.15, 0.2) is 102 Å². The fourth-order valence-corrected chi connectivity index (χ4v) is 12.3. The summed E-state index contributed by atoms with van der Waals surface area (Å²) in [6.07, 6.45) is -12.2. The molecule has 2 bridgehead atoms. The Kier molecular flexibility index (Phi) is 16.6. The SMILES string of the molecule is CC(=O)O[C@H]1C(=O)[C@@]2(C)[C@H]([C@H](OC(=O)c3ccccc3)[C@]3(O)C[C@H](OC(=O)[C@H](OC(=O)OCCSSCCO)[C@@H](NC(=O)c4ccccc4)c4ccccc4)C(C)=C1C3(C)C)[C@]1(OC(C)=O)CO[C@@H]1C[C@@H]2O. The third kappa shape index (κ3) is 10.4. The minimum atomic E-state index is -2.48. The molecule has 0 unspecified atom stereocenters. The molecule has 20 heteroatoms. The highest BCUT2D eigenvalue weighted by Crippen LogP contribution is 2.64. The minimum absolute atomic E-state index is 0.0377. The summed E-state index contributed by atoms with van der Waals surface area (Å²) < 4.78 is 41.9. The highest BCUT2D eigenvalue weighted by atomic mass is 33.1. The summed E-state index contributed by atoms with van der Waals surface area (Å²) in [6, 6.07) is 22.5. The van der Waals surface area contributed by atoms with Gasteiger partial charge in [-0.25, -0.2) is 14.4 Å². The number of fused-ring (bicyclic) bond motifs is 5. The number of hydrogen-bond donors (Lipinski definition) is 4. The number of esters is 4. The molecule has 3 aliphatic carbocycles. The lowest BCUT2D eigenvalue weighted by atomic mass is 9.44. The molecule has 1 saturated heterocycles. The second kappa shape index (κ2) is 22.1. The molecular formula is C52H59NO17S2. The van der Waals surface area contributed by atoms with Gasteiger partial charge in [-0.2, -0.15) is 0 Å². The number of hydrogen-bond acceptors (Lipinski definition) is 19. The monoisotopic (exact) mass is 1030 g/mol. The van der Waals surface area contributed by atoms with Crippen LogP contribution in [0, 0.1) is 16.7 Å². The Bertz CT molecular complexity index is 2550. The summed E-state index contributed by atoms with van der Waals surface area (Å²) in [4.78, 5) is 99.2. The van der Waals surface area contributed by atoms with E-state index in [1.165, 1.54) is 59.7 Å². The van der Waals surface area contributed by atoms with Crippen molar-refractivity contribution in [2.45, 2.75) is 108 Å². The average molecular weight is 1030 g/mol. The van der Waals surface area contributed by atoms with Crippen LogP contribution in [0.5, 0.6) is 0 Å². The van der Waals surface area contributed by atoms with E-state index in [2.05, 4.69) is 5.32 Å². The van der Waals surface area contributed by atoms with Crippen molar-refractivity contribution >= 4 is 63.3 Å². The standard InChI is InChI=1S/C52H59NO17S2/c1-29-35(67-47(61)41(68-48(62)64-23-25-72-71-24-22-54)39(32-16-10-7-11-17-32)53-45(59)33-18-12-8-13-19-33)27-52(63)44(69-46(60)34-20-14-9-15-21-34)42-50(6,36(57)26-37-51(42,28-65-37)70-31(3)56)43(58)40(66-30(2)55)38(29)49(52,4)5/h7-21,35-37,39-42,44,54,57,63H,22-28H2,1-6H3,(H,53,59)/t35-,36-,37+,39-,40+,41+,42-,44-,50+,51-,52+/m0/s1. The van der Waals surface area contributed by atoms with Crippen LogP contribution < -0.4 is 5.32 Å². The second-order valence-electron chi connectivity index (χ2n) is 18.9. The lowest BCUT2D eigenvalue weighted by molar-refractivity contribution is -0.346. The zero-order valence-electron chi connectivity index (χ0n) is 40.6. The van der Waals surface area contributed by atoms with Gasteiger partial charge >= 0.3 is 30.0 Å².